The molecule has 32 heavy (non-hydrogen) atoms. The summed E-state index contributed by atoms with van der Waals surface area (Å²) in [6, 6.07) is 7.50. The summed E-state index contributed by atoms with van der Waals surface area (Å²) in [6.45, 7) is 2.12. The van der Waals surface area contributed by atoms with Gasteiger partial charge in [-0.15, -0.1) is 22.7 Å². The van der Waals surface area contributed by atoms with Gasteiger partial charge in [0.1, 0.15) is 21.7 Å². The summed E-state index contributed by atoms with van der Waals surface area (Å²) in [5, 5.41) is 17.0. The van der Waals surface area contributed by atoms with Gasteiger partial charge < -0.3 is 10.1 Å². The molecule has 2 heterocycles. The van der Waals surface area contributed by atoms with E-state index < -0.39 is 0 Å². The Morgan fingerprint density at radius 3 is 2.88 bits per heavy atom. The lowest BCUT2D eigenvalue weighted by Crippen LogP contribution is -2.10. The molecule has 4 rings (SSSR count). The number of thiophene rings is 1. The number of carbonyl (C=O) groups excluding carboxylic acids is 1. The van der Waals surface area contributed by atoms with Crippen molar-refractivity contribution in [1.29, 1.82) is 5.26 Å². The summed E-state index contributed by atoms with van der Waals surface area (Å²) in [5.74, 6) is -0.322. The second kappa shape index (κ2) is 10.1. The number of halogens is 2. The van der Waals surface area contributed by atoms with Crippen molar-refractivity contribution >= 4 is 62.4 Å². The Morgan fingerprint density at radius 1 is 1.31 bits per heavy atom. The van der Waals surface area contributed by atoms with Crippen molar-refractivity contribution in [1.82, 2.24) is 4.98 Å². The van der Waals surface area contributed by atoms with Gasteiger partial charge in [-0.2, -0.15) is 5.26 Å². The summed E-state index contributed by atoms with van der Waals surface area (Å²) in [6.07, 6.45) is 5.62. The van der Waals surface area contributed by atoms with E-state index in [0.29, 0.717) is 43.5 Å². The maximum atomic E-state index is 12.6. The van der Waals surface area contributed by atoms with Crippen LogP contribution in [-0.4, -0.2) is 17.6 Å². The SMILES string of the molecule is CCOC(=O)c1c(N/C=C(/C#N)c2nc(-c3ccc(Cl)c(Cl)c3)cs2)sc2c1CCCC2. The third kappa shape index (κ3) is 4.69. The van der Waals surface area contributed by atoms with E-state index in [-0.39, 0.29) is 5.97 Å². The molecule has 1 aliphatic carbocycles. The van der Waals surface area contributed by atoms with Gasteiger partial charge in [-0.25, -0.2) is 9.78 Å². The van der Waals surface area contributed by atoms with Crippen LogP contribution >= 0.6 is 45.9 Å². The number of allylic oxidation sites excluding steroid dienone is 1. The molecule has 164 valence electrons. The highest BCUT2D eigenvalue weighted by Gasteiger charge is 2.26. The number of anilines is 1. The van der Waals surface area contributed by atoms with Crippen LogP contribution in [0.4, 0.5) is 5.00 Å². The van der Waals surface area contributed by atoms with Crippen molar-refractivity contribution in [2.45, 2.75) is 32.6 Å². The fourth-order valence-electron chi connectivity index (χ4n) is 3.55. The number of benzene rings is 1. The smallest absolute Gasteiger partial charge is 0.341 e. The summed E-state index contributed by atoms with van der Waals surface area (Å²) < 4.78 is 5.29. The highest BCUT2D eigenvalue weighted by molar-refractivity contribution is 7.16. The number of hydrogen-bond acceptors (Lipinski definition) is 7. The van der Waals surface area contributed by atoms with Gasteiger partial charge in [-0.1, -0.05) is 29.3 Å². The number of aromatic nitrogens is 1. The maximum Gasteiger partial charge on any atom is 0.341 e. The highest BCUT2D eigenvalue weighted by Crippen LogP contribution is 2.39. The number of rotatable bonds is 6. The Kier molecular flexibility index (Phi) is 7.17. The summed E-state index contributed by atoms with van der Waals surface area (Å²) in [7, 11) is 0. The molecular formula is C23H19Cl2N3O2S2. The van der Waals surface area contributed by atoms with Gasteiger partial charge in [0, 0.05) is 22.0 Å². The third-order valence-electron chi connectivity index (χ3n) is 5.07. The number of nitrogens with zero attached hydrogens (tertiary/aromatic N) is 2. The second-order valence-electron chi connectivity index (χ2n) is 7.12. The van der Waals surface area contributed by atoms with Crippen LogP contribution in [0, 0.1) is 11.3 Å². The van der Waals surface area contributed by atoms with E-state index in [1.165, 1.54) is 16.2 Å². The summed E-state index contributed by atoms with van der Waals surface area (Å²) in [4.78, 5) is 18.4. The Hall–Kier alpha value is -2.37. The van der Waals surface area contributed by atoms with Crippen LogP contribution in [0.3, 0.4) is 0 Å². The van der Waals surface area contributed by atoms with Gasteiger partial charge in [0.25, 0.3) is 0 Å². The van der Waals surface area contributed by atoms with Crippen LogP contribution in [0.15, 0.2) is 29.8 Å². The standard InChI is InChI=1S/C23H19Cl2N3O2S2/c1-2-30-23(29)20-15-5-3-4-6-19(15)32-22(20)27-11-14(10-26)21-28-18(12-31-21)13-7-8-16(24)17(25)9-13/h7-9,11-12,27H,2-6H2,1H3/b14-11-. The molecule has 9 heteroatoms. The number of esters is 1. The number of fused-ring (bicyclic) bond motifs is 1. The molecule has 5 nitrogen and oxygen atoms in total. The molecule has 0 radical (unpaired) electrons. The minimum absolute atomic E-state index is 0.318. The molecule has 0 saturated carbocycles. The fourth-order valence-corrected chi connectivity index (χ4v) is 5.89. The molecule has 0 atom stereocenters. The van der Waals surface area contributed by atoms with Crippen LogP contribution in [0.1, 0.15) is 45.6 Å². The molecule has 0 amide bonds. The zero-order chi connectivity index (χ0) is 22.7. The topological polar surface area (TPSA) is 75.0 Å². The first-order valence-electron chi connectivity index (χ1n) is 10.1. The molecule has 0 unspecified atom stereocenters. The number of nitriles is 1. The van der Waals surface area contributed by atoms with Crippen LogP contribution in [0.5, 0.6) is 0 Å². The molecule has 0 saturated heterocycles. The average molecular weight is 504 g/mol. The average Bonchev–Trinajstić information content (AvgIpc) is 3.41. The van der Waals surface area contributed by atoms with E-state index in [9.17, 15) is 10.1 Å². The molecular weight excluding hydrogens is 485 g/mol. The lowest BCUT2D eigenvalue weighted by atomic mass is 9.95. The molecule has 0 bridgehead atoms. The highest BCUT2D eigenvalue weighted by atomic mass is 35.5. The second-order valence-corrected chi connectivity index (χ2v) is 9.89. The summed E-state index contributed by atoms with van der Waals surface area (Å²) >= 11 is 15.0. The lowest BCUT2D eigenvalue weighted by molar-refractivity contribution is 0.0526. The van der Waals surface area contributed by atoms with Crippen molar-refractivity contribution in [3.05, 3.63) is 60.8 Å². The molecule has 1 N–H and O–H groups in total. The monoisotopic (exact) mass is 503 g/mol. The van der Waals surface area contributed by atoms with Crippen LogP contribution in [0.2, 0.25) is 10.0 Å². The van der Waals surface area contributed by atoms with Crippen molar-refractivity contribution in [2.75, 3.05) is 11.9 Å². The predicted molar refractivity (Wildman–Crippen MR) is 132 cm³/mol. The number of thiazole rings is 1. The normalized spacial score (nSPS) is 13.4. The quantitative estimate of drug-likeness (QED) is 0.284. The molecule has 0 aliphatic heterocycles. The number of nitrogens with one attached hydrogen (secondary N) is 1. The molecule has 1 aliphatic rings. The Bertz CT molecular complexity index is 1240. The van der Waals surface area contributed by atoms with Gasteiger partial charge in [0.2, 0.25) is 0 Å². The molecule has 1 aromatic carbocycles. The Labute approximate surface area is 204 Å². The molecule has 3 aromatic rings. The third-order valence-corrected chi connectivity index (χ3v) is 7.91. The number of aryl methyl sites for hydroxylation is 1. The van der Waals surface area contributed by atoms with Gasteiger partial charge in [0.05, 0.1) is 27.9 Å². The van der Waals surface area contributed by atoms with Crippen LogP contribution < -0.4 is 5.32 Å². The number of hydrogen-bond donors (Lipinski definition) is 1. The molecule has 2 aromatic heterocycles. The van der Waals surface area contributed by atoms with E-state index in [1.807, 2.05) is 11.4 Å². The van der Waals surface area contributed by atoms with Gasteiger partial charge in [-0.05, 0) is 50.3 Å². The fraction of sp³-hybridized carbons (Fsp3) is 0.261. The van der Waals surface area contributed by atoms with Crippen molar-refractivity contribution in [3.8, 4) is 17.3 Å². The van der Waals surface area contributed by atoms with Crippen molar-refractivity contribution < 1.29 is 9.53 Å². The predicted octanol–water partition coefficient (Wildman–Crippen LogP) is 7.21. The van der Waals surface area contributed by atoms with Crippen LogP contribution in [-0.2, 0) is 17.6 Å². The van der Waals surface area contributed by atoms with E-state index in [4.69, 9.17) is 27.9 Å². The van der Waals surface area contributed by atoms with E-state index in [1.54, 1.807) is 36.6 Å². The summed E-state index contributed by atoms with van der Waals surface area (Å²) in [5.41, 5.74) is 3.58. The lowest BCUT2D eigenvalue weighted by Gasteiger charge is -2.12. The minimum Gasteiger partial charge on any atom is -0.462 e. The Balaban J connectivity index is 1.62. The molecule has 0 spiro atoms. The van der Waals surface area contributed by atoms with E-state index >= 15 is 0 Å². The first-order chi connectivity index (χ1) is 15.5. The van der Waals surface area contributed by atoms with Gasteiger partial charge in [0.15, 0.2) is 0 Å². The first-order valence-corrected chi connectivity index (χ1v) is 12.6. The number of ether oxygens (including phenoxy) is 1. The Morgan fingerprint density at radius 2 is 2.12 bits per heavy atom. The van der Waals surface area contributed by atoms with Crippen LogP contribution in [0.25, 0.3) is 16.8 Å². The zero-order valence-corrected chi connectivity index (χ0v) is 20.4. The van der Waals surface area contributed by atoms with Crippen molar-refractivity contribution in [3.63, 3.8) is 0 Å². The minimum atomic E-state index is -0.322. The van der Waals surface area contributed by atoms with Gasteiger partial charge >= 0.3 is 5.97 Å². The van der Waals surface area contributed by atoms with E-state index in [0.717, 1.165) is 36.8 Å². The number of carbonyl (C=O) groups is 1. The maximum absolute atomic E-state index is 12.6. The zero-order valence-electron chi connectivity index (χ0n) is 17.2. The largest absolute Gasteiger partial charge is 0.462 e. The first kappa shape index (κ1) is 22.8. The van der Waals surface area contributed by atoms with Crippen molar-refractivity contribution in [2.24, 2.45) is 0 Å². The molecule has 0 fully saturated rings. The van der Waals surface area contributed by atoms with E-state index in [2.05, 4.69) is 16.4 Å². The van der Waals surface area contributed by atoms with Gasteiger partial charge in [-0.3, -0.25) is 0 Å².